The van der Waals surface area contributed by atoms with E-state index in [1.54, 1.807) is 0 Å². The average molecular weight is 288 g/mol. The second kappa shape index (κ2) is 2.93. The van der Waals surface area contributed by atoms with Crippen LogP contribution < -0.4 is 0 Å². The Labute approximate surface area is 76.7 Å². The first-order valence-corrected chi connectivity index (χ1v) is 4.47. The van der Waals surface area contributed by atoms with E-state index in [9.17, 15) is 10.1 Å². The lowest BCUT2D eigenvalue weighted by atomic mass is 10.8. The second-order valence-corrected chi connectivity index (χ2v) is 4.91. The molecule has 0 aliphatic heterocycles. The van der Waals surface area contributed by atoms with Crippen molar-refractivity contribution in [2.24, 2.45) is 0 Å². The second-order valence-electron chi connectivity index (χ2n) is 1.32. The lowest BCUT2D eigenvalue weighted by molar-refractivity contribution is -0.389. The molecule has 1 heterocycles. The van der Waals surface area contributed by atoms with Gasteiger partial charge in [-0.05, 0) is 25.8 Å². The Morgan fingerprint density at radius 3 is 2.40 bits per heavy atom. The quantitative estimate of drug-likeness (QED) is 0.589. The van der Waals surface area contributed by atoms with Crippen molar-refractivity contribution in [2.75, 3.05) is 0 Å². The molecule has 4 nitrogen and oxygen atoms in total. The van der Waals surface area contributed by atoms with Gasteiger partial charge in [0.05, 0.1) is 0 Å². The van der Waals surface area contributed by atoms with Gasteiger partial charge in [0, 0.05) is 15.9 Å². The summed E-state index contributed by atoms with van der Waals surface area (Å²) in [7, 11) is 0. The maximum Gasteiger partial charge on any atom is 0.390 e. The molecule has 0 aromatic carbocycles. The molecule has 0 saturated heterocycles. The van der Waals surface area contributed by atoms with Gasteiger partial charge in [-0.1, -0.05) is 11.3 Å². The molecule has 1 aromatic rings. The number of thiazole rings is 1. The number of nitro groups is 1. The third-order valence-corrected chi connectivity index (χ3v) is 2.84. The molecule has 7 heteroatoms. The monoisotopic (exact) mass is 286 g/mol. The number of aromatic nitrogens is 1. The summed E-state index contributed by atoms with van der Waals surface area (Å²) < 4.78 is 0.940. The molecule has 0 spiro atoms. The predicted molar refractivity (Wildman–Crippen MR) is 44.2 cm³/mol. The van der Waals surface area contributed by atoms with Gasteiger partial charge >= 0.3 is 5.82 Å². The normalized spacial score (nSPS) is 9.80. The van der Waals surface area contributed by atoms with E-state index in [2.05, 4.69) is 36.8 Å². The van der Waals surface area contributed by atoms with E-state index >= 15 is 0 Å². The molecule has 1 aromatic heterocycles. The van der Waals surface area contributed by atoms with Crippen LogP contribution in [0.2, 0.25) is 0 Å². The molecule has 0 fully saturated rings. The SMILES string of the molecule is O=[N+]([O-])c1nc(Br)sc1Br. The van der Waals surface area contributed by atoms with Gasteiger partial charge in [-0.25, -0.2) is 0 Å². The van der Waals surface area contributed by atoms with Gasteiger partial charge in [0.15, 0.2) is 3.79 Å². The predicted octanol–water partition coefficient (Wildman–Crippen LogP) is 2.58. The standard InChI is InChI=1S/C3Br2N2O2S/c4-1-2(7(8)9)6-3(5)10-1. The third kappa shape index (κ3) is 1.53. The van der Waals surface area contributed by atoms with Crippen molar-refractivity contribution in [3.8, 4) is 0 Å². The van der Waals surface area contributed by atoms with Crippen LogP contribution in [-0.2, 0) is 0 Å². The topological polar surface area (TPSA) is 56.0 Å². The Kier molecular flexibility index (Phi) is 2.37. The van der Waals surface area contributed by atoms with Crippen LogP contribution in [-0.4, -0.2) is 9.91 Å². The van der Waals surface area contributed by atoms with Gasteiger partial charge in [-0.2, -0.15) is 0 Å². The molecular formula is C3Br2N2O2S. The van der Waals surface area contributed by atoms with Gasteiger partial charge in [-0.15, -0.1) is 0 Å². The van der Waals surface area contributed by atoms with E-state index in [1.807, 2.05) is 0 Å². The fourth-order valence-electron chi connectivity index (χ4n) is 0.382. The maximum absolute atomic E-state index is 10.1. The van der Waals surface area contributed by atoms with E-state index < -0.39 is 4.92 Å². The van der Waals surface area contributed by atoms with Crippen LogP contribution in [0.3, 0.4) is 0 Å². The number of nitrogens with zero attached hydrogens (tertiary/aromatic N) is 2. The van der Waals surface area contributed by atoms with E-state index in [0.717, 1.165) is 0 Å². The largest absolute Gasteiger partial charge is 0.390 e. The molecule has 10 heavy (non-hydrogen) atoms. The fraction of sp³-hybridized carbons (Fsp3) is 0. The summed E-state index contributed by atoms with van der Waals surface area (Å²) in [6.45, 7) is 0. The molecule has 0 atom stereocenters. The van der Waals surface area contributed by atoms with Crippen LogP contribution in [0.1, 0.15) is 0 Å². The summed E-state index contributed by atoms with van der Waals surface area (Å²) in [6.07, 6.45) is 0. The number of hydrogen-bond donors (Lipinski definition) is 0. The number of rotatable bonds is 1. The van der Waals surface area contributed by atoms with Crippen LogP contribution in [0.5, 0.6) is 0 Å². The Bertz CT molecular complexity index is 273. The van der Waals surface area contributed by atoms with E-state index in [-0.39, 0.29) is 5.82 Å². The molecule has 0 bridgehead atoms. The first-order chi connectivity index (χ1) is 4.61. The minimum Gasteiger partial charge on any atom is -0.358 e. The van der Waals surface area contributed by atoms with Crippen LogP contribution >= 0.6 is 43.2 Å². The van der Waals surface area contributed by atoms with Gasteiger partial charge in [0.25, 0.3) is 3.92 Å². The van der Waals surface area contributed by atoms with Crippen molar-refractivity contribution in [3.63, 3.8) is 0 Å². The van der Waals surface area contributed by atoms with Gasteiger partial charge in [0.1, 0.15) is 0 Å². The Morgan fingerprint density at radius 1 is 1.60 bits per heavy atom. The van der Waals surface area contributed by atoms with Crippen molar-refractivity contribution >= 4 is 49.0 Å². The van der Waals surface area contributed by atoms with Gasteiger partial charge in [-0.3, -0.25) is 0 Å². The summed E-state index contributed by atoms with van der Waals surface area (Å²) in [6, 6.07) is 0. The molecule has 0 aliphatic carbocycles. The Hall–Kier alpha value is -0.0100. The minimum atomic E-state index is -0.536. The zero-order chi connectivity index (χ0) is 7.72. The van der Waals surface area contributed by atoms with Crippen molar-refractivity contribution < 1.29 is 4.92 Å². The molecule has 0 saturated carbocycles. The summed E-state index contributed by atoms with van der Waals surface area (Å²) in [5.41, 5.74) is 0. The molecule has 0 aliphatic rings. The first-order valence-electron chi connectivity index (χ1n) is 2.07. The molecule has 0 amide bonds. The Morgan fingerprint density at radius 2 is 2.20 bits per heavy atom. The zero-order valence-corrected chi connectivity index (χ0v) is 8.36. The molecular weight excluding hydrogens is 288 g/mol. The van der Waals surface area contributed by atoms with Crippen LogP contribution in [0.25, 0.3) is 0 Å². The van der Waals surface area contributed by atoms with E-state index in [1.165, 1.54) is 11.3 Å². The van der Waals surface area contributed by atoms with Crippen LogP contribution in [0.4, 0.5) is 5.82 Å². The summed E-state index contributed by atoms with van der Waals surface area (Å²) >= 11 is 7.20. The van der Waals surface area contributed by atoms with Gasteiger partial charge < -0.3 is 10.1 Å². The molecule has 0 unspecified atom stereocenters. The Balaban J connectivity index is 3.15. The summed E-state index contributed by atoms with van der Waals surface area (Å²) in [4.78, 5) is 13.2. The molecule has 0 radical (unpaired) electrons. The lowest BCUT2D eigenvalue weighted by Crippen LogP contribution is -1.87. The highest BCUT2D eigenvalue weighted by molar-refractivity contribution is 9.12. The van der Waals surface area contributed by atoms with Crippen molar-refractivity contribution in [1.82, 2.24) is 4.98 Å². The third-order valence-electron chi connectivity index (χ3n) is 0.716. The lowest BCUT2D eigenvalue weighted by Gasteiger charge is -1.84. The highest BCUT2D eigenvalue weighted by Crippen LogP contribution is 2.33. The number of halogens is 2. The first kappa shape index (κ1) is 8.09. The minimum absolute atomic E-state index is 0.142. The summed E-state index contributed by atoms with van der Waals surface area (Å²) in [5.74, 6) is -0.142. The van der Waals surface area contributed by atoms with Crippen molar-refractivity contribution in [1.29, 1.82) is 0 Å². The van der Waals surface area contributed by atoms with Crippen molar-refractivity contribution in [2.45, 2.75) is 0 Å². The number of hydrogen-bond acceptors (Lipinski definition) is 4. The molecule has 1 rings (SSSR count). The fourth-order valence-corrected chi connectivity index (χ4v) is 2.87. The maximum atomic E-state index is 10.1. The van der Waals surface area contributed by atoms with Gasteiger partial charge in [0.2, 0.25) is 0 Å². The smallest absolute Gasteiger partial charge is 0.358 e. The highest BCUT2D eigenvalue weighted by atomic mass is 79.9. The zero-order valence-electron chi connectivity index (χ0n) is 4.38. The van der Waals surface area contributed by atoms with E-state index in [0.29, 0.717) is 7.70 Å². The molecule has 0 N–H and O–H groups in total. The van der Waals surface area contributed by atoms with Crippen LogP contribution in [0.15, 0.2) is 7.70 Å². The summed E-state index contributed by atoms with van der Waals surface area (Å²) in [5, 5.41) is 10.1. The average Bonchev–Trinajstić information content (AvgIpc) is 2.10. The van der Waals surface area contributed by atoms with Crippen molar-refractivity contribution in [3.05, 3.63) is 17.8 Å². The van der Waals surface area contributed by atoms with Crippen LogP contribution in [0, 0.1) is 10.1 Å². The molecule has 54 valence electrons. The van der Waals surface area contributed by atoms with E-state index in [4.69, 9.17) is 0 Å². The highest BCUT2D eigenvalue weighted by Gasteiger charge is 2.18.